The van der Waals surface area contributed by atoms with Crippen molar-refractivity contribution in [3.63, 3.8) is 0 Å². The SMILES string of the molecule is Cc1nc(CNC(=O)C(N)CC(C)C)sc1C(=O)O. The average Bonchev–Trinajstić information content (AvgIpc) is 2.66. The Labute approximate surface area is 116 Å². The number of aromatic carboxylic acids is 1. The molecule has 1 unspecified atom stereocenters. The lowest BCUT2D eigenvalue weighted by atomic mass is 10.0. The van der Waals surface area contributed by atoms with E-state index in [4.69, 9.17) is 10.8 Å². The van der Waals surface area contributed by atoms with Crippen molar-refractivity contribution >= 4 is 23.2 Å². The number of aromatic nitrogens is 1. The molecular formula is C12H19N3O3S. The zero-order chi connectivity index (χ0) is 14.6. The third kappa shape index (κ3) is 4.60. The van der Waals surface area contributed by atoms with E-state index in [9.17, 15) is 9.59 Å². The smallest absolute Gasteiger partial charge is 0.347 e. The maximum Gasteiger partial charge on any atom is 0.347 e. The van der Waals surface area contributed by atoms with Gasteiger partial charge in [0.05, 0.1) is 18.3 Å². The fraction of sp³-hybridized carbons (Fsp3) is 0.583. The first-order chi connectivity index (χ1) is 8.81. The molecular weight excluding hydrogens is 266 g/mol. The fourth-order valence-electron chi connectivity index (χ4n) is 1.64. The van der Waals surface area contributed by atoms with Gasteiger partial charge in [-0.25, -0.2) is 9.78 Å². The molecule has 0 aromatic carbocycles. The van der Waals surface area contributed by atoms with Crippen LogP contribution in [0.5, 0.6) is 0 Å². The van der Waals surface area contributed by atoms with E-state index in [0.29, 0.717) is 23.0 Å². The quantitative estimate of drug-likeness (QED) is 0.727. The van der Waals surface area contributed by atoms with E-state index < -0.39 is 12.0 Å². The molecule has 6 nitrogen and oxygen atoms in total. The van der Waals surface area contributed by atoms with Crippen molar-refractivity contribution in [1.82, 2.24) is 10.3 Å². The molecule has 0 spiro atoms. The van der Waals surface area contributed by atoms with Gasteiger partial charge in [0.25, 0.3) is 0 Å². The lowest BCUT2D eigenvalue weighted by molar-refractivity contribution is -0.122. The van der Waals surface area contributed by atoms with Crippen LogP contribution in [0.15, 0.2) is 0 Å². The third-order valence-corrected chi connectivity index (χ3v) is 3.66. The predicted molar refractivity (Wildman–Crippen MR) is 73.1 cm³/mol. The number of amides is 1. The van der Waals surface area contributed by atoms with Gasteiger partial charge in [-0.15, -0.1) is 11.3 Å². The highest BCUT2D eigenvalue weighted by Crippen LogP contribution is 2.17. The largest absolute Gasteiger partial charge is 0.477 e. The van der Waals surface area contributed by atoms with Crippen molar-refractivity contribution in [2.24, 2.45) is 11.7 Å². The van der Waals surface area contributed by atoms with Gasteiger partial charge >= 0.3 is 5.97 Å². The zero-order valence-electron chi connectivity index (χ0n) is 11.3. The second-order valence-corrected chi connectivity index (χ2v) is 5.86. The topological polar surface area (TPSA) is 105 Å². The molecule has 7 heteroatoms. The molecule has 0 bridgehead atoms. The summed E-state index contributed by atoms with van der Waals surface area (Å²) in [6, 6.07) is -0.542. The predicted octanol–water partition coefficient (Wildman–Crippen LogP) is 1.14. The minimum Gasteiger partial charge on any atom is -0.477 e. The van der Waals surface area contributed by atoms with Gasteiger partial charge in [0, 0.05) is 0 Å². The van der Waals surface area contributed by atoms with E-state index in [1.807, 2.05) is 13.8 Å². The summed E-state index contributed by atoms with van der Waals surface area (Å²) in [5, 5.41) is 12.2. The van der Waals surface area contributed by atoms with Crippen LogP contribution in [0.4, 0.5) is 0 Å². The number of aryl methyl sites for hydroxylation is 1. The minimum atomic E-state index is -0.996. The number of hydrogen-bond acceptors (Lipinski definition) is 5. The highest BCUT2D eigenvalue weighted by atomic mass is 32.1. The summed E-state index contributed by atoms with van der Waals surface area (Å²) in [4.78, 5) is 26.9. The van der Waals surface area contributed by atoms with E-state index in [0.717, 1.165) is 11.3 Å². The Bertz CT molecular complexity index is 471. The molecule has 106 valence electrons. The first-order valence-electron chi connectivity index (χ1n) is 6.04. The van der Waals surface area contributed by atoms with Crippen LogP contribution in [0.2, 0.25) is 0 Å². The molecule has 1 heterocycles. The molecule has 0 aliphatic carbocycles. The first-order valence-corrected chi connectivity index (χ1v) is 6.85. The van der Waals surface area contributed by atoms with Crippen LogP contribution in [0.25, 0.3) is 0 Å². The fourth-order valence-corrected chi connectivity index (χ4v) is 2.48. The normalized spacial score (nSPS) is 12.5. The van der Waals surface area contributed by atoms with E-state index in [-0.39, 0.29) is 17.3 Å². The van der Waals surface area contributed by atoms with E-state index in [1.54, 1.807) is 6.92 Å². The number of nitrogens with one attached hydrogen (secondary N) is 1. The molecule has 0 saturated carbocycles. The number of carbonyl (C=O) groups is 2. The molecule has 4 N–H and O–H groups in total. The summed E-state index contributed by atoms with van der Waals surface area (Å²) in [5.74, 6) is -0.885. The van der Waals surface area contributed by atoms with Crippen molar-refractivity contribution < 1.29 is 14.7 Å². The average molecular weight is 285 g/mol. The summed E-state index contributed by atoms with van der Waals surface area (Å²) in [6.45, 7) is 5.84. The zero-order valence-corrected chi connectivity index (χ0v) is 12.1. The van der Waals surface area contributed by atoms with Crippen LogP contribution in [0.1, 0.15) is 40.6 Å². The molecule has 1 aromatic heterocycles. The Morgan fingerprint density at radius 3 is 2.58 bits per heavy atom. The molecule has 0 saturated heterocycles. The van der Waals surface area contributed by atoms with Crippen molar-refractivity contribution in [3.8, 4) is 0 Å². The lowest BCUT2D eigenvalue weighted by Gasteiger charge is -2.13. The van der Waals surface area contributed by atoms with Gasteiger partial charge in [-0.05, 0) is 19.3 Å². The minimum absolute atomic E-state index is 0.204. The van der Waals surface area contributed by atoms with E-state index in [2.05, 4.69) is 10.3 Å². The van der Waals surface area contributed by atoms with Gasteiger partial charge < -0.3 is 16.2 Å². The molecule has 0 fully saturated rings. The van der Waals surface area contributed by atoms with Crippen LogP contribution in [0, 0.1) is 12.8 Å². The van der Waals surface area contributed by atoms with Gasteiger partial charge in [-0.3, -0.25) is 4.79 Å². The number of nitrogens with two attached hydrogens (primary N) is 1. The summed E-state index contributed by atoms with van der Waals surface area (Å²) < 4.78 is 0. The second kappa shape index (κ2) is 6.63. The summed E-state index contributed by atoms with van der Waals surface area (Å²) in [5.41, 5.74) is 6.21. The maximum absolute atomic E-state index is 11.7. The number of thiazole rings is 1. The van der Waals surface area contributed by atoms with Crippen LogP contribution in [-0.4, -0.2) is 28.0 Å². The summed E-state index contributed by atoms with van der Waals surface area (Å²) in [7, 11) is 0. The molecule has 1 rings (SSSR count). The molecule has 0 aliphatic rings. The van der Waals surface area contributed by atoms with Gasteiger partial charge in [0.1, 0.15) is 9.88 Å². The Balaban J connectivity index is 2.55. The third-order valence-electron chi connectivity index (χ3n) is 2.51. The van der Waals surface area contributed by atoms with Gasteiger partial charge in [0.15, 0.2) is 0 Å². The van der Waals surface area contributed by atoms with Crippen molar-refractivity contribution in [2.75, 3.05) is 0 Å². The lowest BCUT2D eigenvalue weighted by Crippen LogP contribution is -2.40. The Hall–Kier alpha value is -1.47. The molecule has 1 amide bonds. The summed E-state index contributed by atoms with van der Waals surface area (Å²) >= 11 is 1.07. The second-order valence-electron chi connectivity index (χ2n) is 4.78. The number of hydrogen-bond donors (Lipinski definition) is 3. The maximum atomic E-state index is 11.7. The number of carboxylic acids is 1. The highest BCUT2D eigenvalue weighted by Gasteiger charge is 2.17. The van der Waals surface area contributed by atoms with Crippen LogP contribution < -0.4 is 11.1 Å². The number of carbonyl (C=O) groups excluding carboxylic acids is 1. The molecule has 1 aromatic rings. The molecule has 1 atom stereocenters. The van der Waals surface area contributed by atoms with Gasteiger partial charge in [-0.2, -0.15) is 0 Å². The first kappa shape index (κ1) is 15.6. The van der Waals surface area contributed by atoms with E-state index >= 15 is 0 Å². The van der Waals surface area contributed by atoms with Crippen LogP contribution in [0.3, 0.4) is 0 Å². The Morgan fingerprint density at radius 2 is 2.11 bits per heavy atom. The van der Waals surface area contributed by atoms with E-state index in [1.165, 1.54) is 0 Å². The number of nitrogens with zero attached hydrogens (tertiary/aromatic N) is 1. The Morgan fingerprint density at radius 1 is 1.47 bits per heavy atom. The number of rotatable bonds is 6. The Kier molecular flexibility index (Phi) is 5.44. The summed E-state index contributed by atoms with van der Waals surface area (Å²) in [6.07, 6.45) is 0.614. The van der Waals surface area contributed by atoms with Gasteiger partial charge in [-0.1, -0.05) is 13.8 Å². The van der Waals surface area contributed by atoms with Crippen LogP contribution in [-0.2, 0) is 11.3 Å². The molecule has 19 heavy (non-hydrogen) atoms. The van der Waals surface area contributed by atoms with Crippen molar-refractivity contribution in [1.29, 1.82) is 0 Å². The molecule has 0 aliphatic heterocycles. The number of carboxylic acid groups (broad SMARTS) is 1. The van der Waals surface area contributed by atoms with Crippen molar-refractivity contribution in [3.05, 3.63) is 15.6 Å². The highest BCUT2D eigenvalue weighted by molar-refractivity contribution is 7.13. The standard InChI is InChI=1S/C12H19N3O3S/c1-6(2)4-8(13)11(16)14-5-9-15-7(3)10(19-9)12(17)18/h6,8H,4-5,13H2,1-3H3,(H,14,16)(H,17,18). The van der Waals surface area contributed by atoms with Crippen LogP contribution >= 0.6 is 11.3 Å². The van der Waals surface area contributed by atoms with Crippen molar-refractivity contribution in [2.45, 2.75) is 39.8 Å². The monoisotopic (exact) mass is 285 g/mol. The van der Waals surface area contributed by atoms with Gasteiger partial charge in [0.2, 0.25) is 5.91 Å². The molecule has 0 radical (unpaired) electrons.